The lowest BCUT2D eigenvalue weighted by Gasteiger charge is -2.63. The number of hydrogen-bond donors (Lipinski definition) is 0. The molecule has 4 aliphatic rings. The molecule has 0 aromatic heterocycles. The highest BCUT2D eigenvalue weighted by molar-refractivity contribution is 5.95. The first kappa shape index (κ1) is 22.2. The maximum absolute atomic E-state index is 12.6. The van der Waals surface area contributed by atoms with Crippen molar-refractivity contribution < 1.29 is 9.53 Å². The Bertz CT molecular complexity index is 942. The molecule has 3 unspecified atom stereocenters. The van der Waals surface area contributed by atoms with Crippen molar-refractivity contribution in [2.75, 3.05) is 7.11 Å². The van der Waals surface area contributed by atoms with Crippen molar-refractivity contribution in [2.45, 2.75) is 90.1 Å². The van der Waals surface area contributed by atoms with Crippen molar-refractivity contribution >= 4 is 5.78 Å². The van der Waals surface area contributed by atoms with Gasteiger partial charge in [0, 0.05) is 18.1 Å². The molecule has 1 aromatic rings. The summed E-state index contributed by atoms with van der Waals surface area (Å²) in [6, 6.07) is 8.49. The van der Waals surface area contributed by atoms with Gasteiger partial charge in [-0.15, -0.1) is 6.42 Å². The van der Waals surface area contributed by atoms with E-state index in [4.69, 9.17) is 11.2 Å². The van der Waals surface area contributed by atoms with E-state index >= 15 is 0 Å². The summed E-state index contributed by atoms with van der Waals surface area (Å²) in [5, 5.41) is 0. The molecule has 0 amide bonds. The van der Waals surface area contributed by atoms with Crippen LogP contribution in [0.5, 0.6) is 0 Å². The van der Waals surface area contributed by atoms with Crippen LogP contribution in [0.4, 0.5) is 0 Å². The molecule has 0 saturated heterocycles. The van der Waals surface area contributed by atoms with Crippen molar-refractivity contribution in [2.24, 2.45) is 34.5 Å². The SMILES string of the molecule is C#CC1(OC)CC[C@H]2[C@@H]3CCC4CCCC(c5ccccc5C(C)=O)[C@]4(C)[C@@H]3CC[C@@]21C. The van der Waals surface area contributed by atoms with Crippen molar-refractivity contribution in [1.29, 1.82) is 0 Å². The number of terminal acetylenes is 1. The Balaban J connectivity index is 1.56. The van der Waals surface area contributed by atoms with Gasteiger partial charge < -0.3 is 4.74 Å². The average Bonchev–Trinajstić information content (AvgIpc) is 3.11. The molecular weight excluding hydrogens is 392 g/mol. The fourth-order valence-corrected chi connectivity index (χ4v) is 9.59. The standard InChI is InChI=1S/C30H40O2/c1-6-30(32-5)19-17-25-24-15-14-21-10-9-13-26(23-12-8-7-11-22(23)20(2)31)29(21,4)27(24)16-18-28(25,30)3/h1,7-8,11-12,21,24-27H,9-10,13-19H2,2-5H3/t21?,24-,25-,26?,27+,28-,29+,30?/m0/s1. The lowest BCUT2D eigenvalue weighted by molar-refractivity contribution is -0.148. The van der Waals surface area contributed by atoms with Crippen molar-refractivity contribution in [3.8, 4) is 12.3 Å². The van der Waals surface area contributed by atoms with E-state index in [1.165, 1.54) is 56.9 Å². The van der Waals surface area contributed by atoms with Crippen molar-refractivity contribution in [3.05, 3.63) is 35.4 Å². The van der Waals surface area contributed by atoms with E-state index in [1.54, 1.807) is 6.92 Å². The van der Waals surface area contributed by atoms with Gasteiger partial charge in [-0.1, -0.05) is 50.5 Å². The number of benzene rings is 1. The third-order valence-corrected chi connectivity index (χ3v) is 11.2. The van der Waals surface area contributed by atoms with E-state index in [0.29, 0.717) is 11.8 Å². The van der Waals surface area contributed by atoms with Crippen LogP contribution < -0.4 is 0 Å². The van der Waals surface area contributed by atoms with Crippen LogP contribution in [0.1, 0.15) is 100 Å². The number of carbonyl (C=O) groups is 1. The van der Waals surface area contributed by atoms with Crippen LogP contribution in [0.2, 0.25) is 0 Å². The third-order valence-electron chi connectivity index (χ3n) is 11.2. The lowest BCUT2D eigenvalue weighted by Crippen LogP contribution is -2.57. The number of methoxy groups -OCH3 is 1. The second kappa shape index (κ2) is 7.73. The molecule has 172 valence electrons. The van der Waals surface area contributed by atoms with Gasteiger partial charge >= 0.3 is 0 Å². The molecule has 8 atom stereocenters. The number of carbonyl (C=O) groups excluding carboxylic acids is 1. The molecule has 2 nitrogen and oxygen atoms in total. The van der Waals surface area contributed by atoms with Crippen LogP contribution in [-0.4, -0.2) is 18.5 Å². The molecule has 0 heterocycles. The third kappa shape index (κ3) is 2.79. The predicted molar refractivity (Wildman–Crippen MR) is 129 cm³/mol. The zero-order valence-corrected chi connectivity index (χ0v) is 20.5. The molecule has 2 heteroatoms. The first-order chi connectivity index (χ1) is 15.3. The highest BCUT2D eigenvalue weighted by atomic mass is 16.5. The van der Waals surface area contributed by atoms with E-state index in [0.717, 1.165) is 29.7 Å². The minimum atomic E-state index is -0.395. The second-order valence-electron chi connectivity index (χ2n) is 11.8. The molecule has 0 N–H and O–H groups in total. The number of hydrogen-bond acceptors (Lipinski definition) is 2. The summed E-state index contributed by atoms with van der Waals surface area (Å²) in [4.78, 5) is 12.6. The Morgan fingerprint density at radius 1 is 1.03 bits per heavy atom. The predicted octanol–water partition coefficient (Wildman–Crippen LogP) is 7.03. The second-order valence-corrected chi connectivity index (χ2v) is 11.8. The van der Waals surface area contributed by atoms with Crippen LogP contribution in [-0.2, 0) is 4.74 Å². The van der Waals surface area contributed by atoms with Gasteiger partial charge in [0.2, 0.25) is 0 Å². The van der Waals surface area contributed by atoms with Gasteiger partial charge in [0.15, 0.2) is 5.78 Å². The van der Waals surface area contributed by atoms with E-state index < -0.39 is 5.60 Å². The summed E-state index contributed by atoms with van der Waals surface area (Å²) >= 11 is 0. The van der Waals surface area contributed by atoms with E-state index in [-0.39, 0.29) is 16.6 Å². The lowest BCUT2D eigenvalue weighted by atomic mass is 9.41. The fraction of sp³-hybridized carbons (Fsp3) is 0.700. The Morgan fingerprint density at radius 2 is 1.78 bits per heavy atom. The van der Waals surface area contributed by atoms with Gasteiger partial charge in [-0.3, -0.25) is 4.79 Å². The van der Waals surface area contributed by atoms with Crippen LogP contribution in [0.25, 0.3) is 0 Å². The molecule has 0 spiro atoms. The van der Waals surface area contributed by atoms with E-state index in [2.05, 4.69) is 38.0 Å². The number of Topliss-reactive ketones (excluding diaryl/α,β-unsaturated/α-hetero) is 1. The number of ether oxygens (including phenoxy) is 1. The molecule has 4 fully saturated rings. The van der Waals surface area contributed by atoms with Gasteiger partial charge in [-0.2, -0.15) is 0 Å². The first-order valence-electron chi connectivity index (χ1n) is 12.9. The number of rotatable bonds is 3. The van der Waals surface area contributed by atoms with Gasteiger partial charge in [0.05, 0.1) is 0 Å². The Kier molecular flexibility index (Phi) is 5.37. The van der Waals surface area contributed by atoms with Gasteiger partial charge in [-0.25, -0.2) is 0 Å². The molecule has 1 aromatic carbocycles. The summed E-state index contributed by atoms with van der Waals surface area (Å²) in [7, 11) is 1.83. The number of fused-ring (bicyclic) bond motifs is 5. The molecular formula is C30H40O2. The minimum Gasteiger partial charge on any atom is -0.365 e. The highest BCUT2D eigenvalue weighted by Crippen LogP contribution is 2.70. The zero-order chi connectivity index (χ0) is 22.7. The average molecular weight is 433 g/mol. The molecule has 0 radical (unpaired) electrons. The van der Waals surface area contributed by atoms with Crippen LogP contribution >= 0.6 is 0 Å². The Labute approximate surface area is 194 Å². The molecule has 0 bridgehead atoms. The van der Waals surface area contributed by atoms with Crippen molar-refractivity contribution in [3.63, 3.8) is 0 Å². The monoisotopic (exact) mass is 432 g/mol. The molecule has 4 aliphatic carbocycles. The fourth-order valence-electron chi connectivity index (χ4n) is 9.59. The normalized spacial score (nSPS) is 45.3. The van der Waals surface area contributed by atoms with Gasteiger partial charge in [-0.05, 0) is 98.9 Å². The van der Waals surface area contributed by atoms with Crippen LogP contribution in [0.15, 0.2) is 24.3 Å². The summed E-state index contributed by atoms with van der Waals surface area (Å²) in [5.74, 6) is 6.69. The van der Waals surface area contributed by atoms with E-state index in [9.17, 15) is 4.79 Å². The maximum atomic E-state index is 12.6. The number of ketones is 1. The smallest absolute Gasteiger partial charge is 0.160 e. The molecule has 0 aliphatic heterocycles. The molecule has 4 saturated carbocycles. The largest absolute Gasteiger partial charge is 0.365 e. The zero-order valence-electron chi connectivity index (χ0n) is 20.5. The first-order valence-corrected chi connectivity index (χ1v) is 12.9. The summed E-state index contributed by atoms with van der Waals surface area (Å²) in [5.41, 5.74) is 2.23. The topological polar surface area (TPSA) is 26.3 Å². The van der Waals surface area contributed by atoms with Gasteiger partial charge in [0.25, 0.3) is 0 Å². The highest BCUT2D eigenvalue weighted by Gasteiger charge is 2.66. The van der Waals surface area contributed by atoms with Crippen molar-refractivity contribution in [1.82, 2.24) is 0 Å². The van der Waals surface area contributed by atoms with Crippen LogP contribution in [0, 0.1) is 46.8 Å². The quantitative estimate of drug-likeness (QED) is 0.378. The van der Waals surface area contributed by atoms with E-state index in [1.807, 2.05) is 13.2 Å². The summed E-state index contributed by atoms with van der Waals surface area (Å²) < 4.78 is 6.09. The van der Waals surface area contributed by atoms with Gasteiger partial charge in [0.1, 0.15) is 5.60 Å². The Hall–Kier alpha value is -1.59. The summed E-state index contributed by atoms with van der Waals surface area (Å²) in [6.45, 7) is 6.78. The molecule has 32 heavy (non-hydrogen) atoms. The maximum Gasteiger partial charge on any atom is 0.160 e. The summed E-state index contributed by atoms with van der Waals surface area (Å²) in [6.07, 6.45) is 17.3. The Morgan fingerprint density at radius 3 is 2.50 bits per heavy atom. The minimum absolute atomic E-state index is 0.0856. The molecule has 5 rings (SSSR count). The van der Waals surface area contributed by atoms with Crippen LogP contribution in [0.3, 0.4) is 0 Å².